The van der Waals surface area contributed by atoms with Crippen LogP contribution in [-0.4, -0.2) is 48.9 Å². The number of hydrogen-bond donors (Lipinski definition) is 2. The standard InChI is InChI=1S/C21H27N3O2/c1-14(24(2)3)20(25)22-16-11-12-17(13-16)23-21(26)19-10-6-8-15-7-4-5-9-18(15)19/h4-10,14,16-17H,11-13H2,1-3H3,(H,22,25)(H,23,26)/t14-,16+,17-/m0/s1. The fourth-order valence-electron chi connectivity index (χ4n) is 3.49. The Balaban J connectivity index is 1.60. The van der Waals surface area contributed by atoms with E-state index in [4.69, 9.17) is 0 Å². The molecule has 2 aromatic carbocycles. The van der Waals surface area contributed by atoms with Gasteiger partial charge in [-0.15, -0.1) is 0 Å². The van der Waals surface area contributed by atoms with Gasteiger partial charge in [-0.2, -0.15) is 0 Å². The van der Waals surface area contributed by atoms with E-state index < -0.39 is 0 Å². The third kappa shape index (κ3) is 4.05. The SMILES string of the molecule is C[C@@H](C(=O)N[C@@H]1CC[C@H](NC(=O)c2cccc3ccccc23)C1)N(C)C. The second kappa shape index (κ2) is 7.87. The molecule has 2 amide bonds. The summed E-state index contributed by atoms with van der Waals surface area (Å²) < 4.78 is 0. The lowest BCUT2D eigenvalue weighted by atomic mass is 10.0. The topological polar surface area (TPSA) is 61.4 Å². The number of nitrogens with zero attached hydrogens (tertiary/aromatic N) is 1. The first-order valence-electron chi connectivity index (χ1n) is 9.21. The largest absolute Gasteiger partial charge is 0.352 e. The van der Waals surface area contributed by atoms with Gasteiger partial charge in [0.15, 0.2) is 0 Å². The fraction of sp³-hybridized carbons (Fsp3) is 0.429. The molecule has 0 radical (unpaired) electrons. The predicted octanol–water partition coefficient (Wildman–Crippen LogP) is 2.56. The van der Waals surface area contributed by atoms with Crippen molar-refractivity contribution in [1.82, 2.24) is 15.5 Å². The highest BCUT2D eigenvalue weighted by atomic mass is 16.2. The molecule has 0 heterocycles. The molecule has 3 rings (SSSR count). The van der Waals surface area contributed by atoms with Gasteiger partial charge in [0, 0.05) is 17.6 Å². The maximum atomic E-state index is 12.7. The fourth-order valence-corrected chi connectivity index (χ4v) is 3.49. The molecule has 0 bridgehead atoms. The van der Waals surface area contributed by atoms with Gasteiger partial charge in [-0.3, -0.25) is 14.5 Å². The number of amides is 2. The third-order valence-corrected chi connectivity index (χ3v) is 5.30. The lowest BCUT2D eigenvalue weighted by molar-refractivity contribution is -0.125. The van der Waals surface area contributed by atoms with Gasteiger partial charge in [-0.1, -0.05) is 36.4 Å². The van der Waals surface area contributed by atoms with E-state index in [9.17, 15) is 9.59 Å². The number of nitrogens with one attached hydrogen (secondary N) is 2. The van der Waals surface area contributed by atoms with Crippen LogP contribution in [0, 0.1) is 0 Å². The molecule has 26 heavy (non-hydrogen) atoms. The van der Waals surface area contributed by atoms with Crippen molar-refractivity contribution in [1.29, 1.82) is 0 Å². The van der Waals surface area contributed by atoms with Crippen molar-refractivity contribution in [3.63, 3.8) is 0 Å². The van der Waals surface area contributed by atoms with Gasteiger partial charge in [-0.25, -0.2) is 0 Å². The lowest BCUT2D eigenvalue weighted by Crippen LogP contribution is -2.45. The Kier molecular flexibility index (Phi) is 5.57. The minimum atomic E-state index is -0.153. The summed E-state index contributed by atoms with van der Waals surface area (Å²) in [6, 6.07) is 13.8. The van der Waals surface area contributed by atoms with Crippen LogP contribution >= 0.6 is 0 Å². The molecule has 2 aromatic rings. The third-order valence-electron chi connectivity index (χ3n) is 5.30. The van der Waals surface area contributed by atoms with E-state index in [1.807, 2.05) is 68.4 Å². The summed E-state index contributed by atoms with van der Waals surface area (Å²) in [5, 5.41) is 8.27. The molecule has 2 N–H and O–H groups in total. The first-order chi connectivity index (χ1) is 12.5. The summed E-state index contributed by atoms with van der Waals surface area (Å²) in [6.45, 7) is 1.89. The zero-order valence-corrected chi connectivity index (χ0v) is 15.7. The van der Waals surface area contributed by atoms with Crippen LogP contribution in [0.1, 0.15) is 36.5 Å². The second-order valence-electron chi connectivity index (χ2n) is 7.36. The summed E-state index contributed by atoms with van der Waals surface area (Å²) in [6.07, 6.45) is 2.56. The monoisotopic (exact) mass is 353 g/mol. The van der Waals surface area contributed by atoms with Crippen molar-refractivity contribution in [2.75, 3.05) is 14.1 Å². The van der Waals surface area contributed by atoms with Gasteiger partial charge in [0.2, 0.25) is 5.91 Å². The number of hydrogen-bond acceptors (Lipinski definition) is 3. The average molecular weight is 353 g/mol. The highest BCUT2D eigenvalue weighted by molar-refractivity contribution is 6.07. The number of carbonyl (C=O) groups excluding carboxylic acids is 2. The van der Waals surface area contributed by atoms with E-state index in [1.165, 1.54) is 0 Å². The molecule has 1 aliphatic carbocycles. The van der Waals surface area contributed by atoms with Crippen LogP contribution in [0.3, 0.4) is 0 Å². The molecule has 1 saturated carbocycles. The molecule has 1 fully saturated rings. The predicted molar refractivity (Wildman–Crippen MR) is 104 cm³/mol. The van der Waals surface area contributed by atoms with Crippen molar-refractivity contribution in [3.8, 4) is 0 Å². The van der Waals surface area contributed by atoms with Gasteiger partial charge in [0.05, 0.1) is 6.04 Å². The second-order valence-corrected chi connectivity index (χ2v) is 7.36. The van der Waals surface area contributed by atoms with E-state index in [2.05, 4.69) is 10.6 Å². The van der Waals surface area contributed by atoms with Crippen LogP contribution in [0.2, 0.25) is 0 Å². The number of carbonyl (C=O) groups is 2. The Hall–Kier alpha value is -2.40. The van der Waals surface area contributed by atoms with E-state index in [1.54, 1.807) is 0 Å². The Morgan fingerprint density at radius 2 is 1.65 bits per heavy atom. The quantitative estimate of drug-likeness (QED) is 0.868. The van der Waals surface area contributed by atoms with Crippen LogP contribution in [0.4, 0.5) is 0 Å². The molecule has 0 spiro atoms. The highest BCUT2D eigenvalue weighted by Crippen LogP contribution is 2.22. The minimum Gasteiger partial charge on any atom is -0.352 e. The average Bonchev–Trinajstić information content (AvgIpc) is 3.07. The van der Waals surface area contributed by atoms with E-state index in [0.29, 0.717) is 5.56 Å². The normalized spacial score (nSPS) is 20.9. The molecule has 0 aliphatic heterocycles. The Morgan fingerprint density at radius 1 is 1.00 bits per heavy atom. The minimum absolute atomic E-state index is 0.0413. The molecule has 3 atom stereocenters. The molecular formula is C21H27N3O2. The summed E-state index contributed by atoms with van der Waals surface area (Å²) >= 11 is 0. The number of likely N-dealkylation sites (N-methyl/N-ethyl adjacent to an activating group) is 1. The molecule has 1 aliphatic rings. The number of benzene rings is 2. The van der Waals surface area contributed by atoms with Gasteiger partial charge >= 0.3 is 0 Å². The smallest absolute Gasteiger partial charge is 0.252 e. The lowest BCUT2D eigenvalue weighted by Gasteiger charge is -2.22. The molecule has 138 valence electrons. The van der Waals surface area contributed by atoms with E-state index >= 15 is 0 Å². The first-order valence-corrected chi connectivity index (χ1v) is 9.21. The Labute approximate surface area is 154 Å². The van der Waals surface area contributed by atoms with E-state index in [-0.39, 0.29) is 29.9 Å². The Bertz CT molecular complexity index is 797. The molecule has 0 unspecified atom stereocenters. The van der Waals surface area contributed by atoms with Gasteiger partial charge < -0.3 is 10.6 Å². The first kappa shape index (κ1) is 18.4. The molecule has 5 heteroatoms. The van der Waals surface area contributed by atoms with Crippen molar-refractivity contribution in [3.05, 3.63) is 48.0 Å². The van der Waals surface area contributed by atoms with Crippen LogP contribution < -0.4 is 10.6 Å². The van der Waals surface area contributed by atoms with Crippen molar-refractivity contribution in [2.45, 2.75) is 44.3 Å². The van der Waals surface area contributed by atoms with Crippen molar-refractivity contribution in [2.24, 2.45) is 0 Å². The molecular weight excluding hydrogens is 326 g/mol. The maximum absolute atomic E-state index is 12.7. The zero-order chi connectivity index (χ0) is 18.7. The molecule has 5 nitrogen and oxygen atoms in total. The number of fused-ring (bicyclic) bond motifs is 1. The van der Waals surface area contributed by atoms with Gasteiger partial charge in [-0.05, 0) is 57.1 Å². The summed E-state index contributed by atoms with van der Waals surface area (Å²) in [5.41, 5.74) is 0.705. The van der Waals surface area contributed by atoms with Crippen LogP contribution in [0.25, 0.3) is 10.8 Å². The molecule has 0 saturated heterocycles. The van der Waals surface area contributed by atoms with Crippen LogP contribution in [0.5, 0.6) is 0 Å². The number of rotatable bonds is 5. The zero-order valence-electron chi connectivity index (χ0n) is 15.7. The summed E-state index contributed by atoms with van der Waals surface area (Å²) in [5.74, 6) is 0.00136. The van der Waals surface area contributed by atoms with Crippen molar-refractivity contribution < 1.29 is 9.59 Å². The van der Waals surface area contributed by atoms with Gasteiger partial charge in [0.1, 0.15) is 0 Å². The van der Waals surface area contributed by atoms with Gasteiger partial charge in [0.25, 0.3) is 5.91 Å². The summed E-state index contributed by atoms with van der Waals surface area (Å²) in [4.78, 5) is 26.8. The van der Waals surface area contributed by atoms with Crippen LogP contribution in [-0.2, 0) is 4.79 Å². The maximum Gasteiger partial charge on any atom is 0.252 e. The Morgan fingerprint density at radius 3 is 2.38 bits per heavy atom. The highest BCUT2D eigenvalue weighted by Gasteiger charge is 2.29. The van der Waals surface area contributed by atoms with Crippen molar-refractivity contribution >= 4 is 22.6 Å². The van der Waals surface area contributed by atoms with Crippen LogP contribution in [0.15, 0.2) is 42.5 Å². The van der Waals surface area contributed by atoms with E-state index in [0.717, 1.165) is 30.0 Å². The summed E-state index contributed by atoms with van der Waals surface area (Å²) in [7, 11) is 3.79. The molecule has 0 aromatic heterocycles.